The summed E-state index contributed by atoms with van der Waals surface area (Å²) in [4.78, 5) is 36.8. The maximum Gasteiger partial charge on any atom is 0.408 e. The van der Waals surface area contributed by atoms with Gasteiger partial charge in [-0.05, 0) is 39.5 Å². The van der Waals surface area contributed by atoms with Crippen molar-refractivity contribution in [3.63, 3.8) is 0 Å². The standard InChI is InChI=1S/C18H20BrN3O4S/c1-11(2)15(20-18(25)26-10-12-6-4-3-5-7-12)17(24)22-21-16(23)13-8-9-14(19)27-13/h3-9,11,15H,10H2,1-2H3,(H,20,25)(H,21,23)(H,22,24)/t15-/m0/s1. The van der Waals surface area contributed by atoms with E-state index in [4.69, 9.17) is 4.74 Å². The van der Waals surface area contributed by atoms with Gasteiger partial charge < -0.3 is 10.1 Å². The zero-order valence-electron chi connectivity index (χ0n) is 14.8. The lowest BCUT2D eigenvalue weighted by Crippen LogP contribution is -2.54. The largest absolute Gasteiger partial charge is 0.445 e. The molecule has 1 heterocycles. The van der Waals surface area contributed by atoms with Crippen molar-refractivity contribution in [3.8, 4) is 0 Å². The van der Waals surface area contributed by atoms with E-state index in [0.29, 0.717) is 4.88 Å². The SMILES string of the molecule is CC(C)[C@H](NC(=O)OCc1ccccc1)C(=O)NNC(=O)c1ccc(Br)s1. The van der Waals surface area contributed by atoms with E-state index in [9.17, 15) is 14.4 Å². The first-order valence-corrected chi connectivity index (χ1v) is 9.80. The number of ether oxygens (including phenoxy) is 1. The van der Waals surface area contributed by atoms with E-state index in [2.05, 4.69) is 32.1 Å². The molecule has 3 N–H and O–H groups in total. The Morgan fingerprint density at radius 2 is 1.78 bits per heavy atom. The van der Waals surface area contributed by atoms with E-state index >= 15 is 0 Å². The summed E-state index contributed by atoms with van der Waals surface area (Å²) in [5.74, 6) is -1.18. The minimum Gasteiger partial charge on any atom is -0.445 e. The van der Waals surface area contributed by atoms with Crippen LogP contribution >= 0.6 is 27.3 Å². The van der Waals surface area contributed by atoms with Gasteiger partial charge in [0.05, 0.1) is 8.66 Å². The molecule has 0 spiro atoms. The summed E-state index contributed by atoms with van der Waals surface area (Å²) in [5, 5.41) is 2.52. The molecular formula is C18H20BrN3O4S. The van der Waals surface area contributed by atoms with Crippen LogP contribution in [0.5, 0.6) is 0 Å². The third-order valence-electron chi connectivity index (χ3n) is 3.53. The number of carbonyl (C=O) groups excluding carboxylic acids is 3. The molecule has 0 unspecified atom stereocenters. The average molecular weight is 454 g/mol. The maximum atomic E-state index is 12.3. The van der Waals surface area contributed by atoms with E-state index < -0.39 is 23.9 Å². The molecular weight excluding hydrogens is 434 g/mol. The summed E-state index contributed by atoms with van der Waals surface area (Å²) in [5.41, 5.74) is 5.51. The molecule has 27 heavy (non-hydrogen) atoms. The van der Waals surface area contributed by atoms with Gasteiger partial charge in [0.15, 0.2) is 0 Å². The molecule has 7 nitrogen and oxygen atoms in total. The monoisotopic (exact) mass is 453 g/mol. The lowest BCUT2D eigenvalue weighted by molar-refractivity contribution is -0.124. The zero-order chi connectivity index (χ0) is 19.8. The topological polar surface area (TPSA) is 96.5 Å². The van der Waals surface area contributed by atoms with Crippen LogP contribution < -0.4 is 16.2 Å². The number of carbonyl (C=O) groups is 3. The highest BCUT2D eigenvalue weighted by Crippen LogP contribution is 2.21. The Hall–Kier alpha value is -2.39. The molecule has 0 aliphatic rings. The predicted molar refractivity (Wildman–Crippen MR) is 106 cm³/mol. The Bertz CT molecular complexity index is 795. The van der Waals surface area contributed by atoms with Crippen LogP contribution in [0.2, 0.25) is 0 Å². The second kappa shape index (κ2) is 10.1. The molecule has 2 aromatic rings. The molecule has 0 fully saturated rings. The summed E-state index contributed by atoms with van der Waals surface area (Å²) in [6.45, 7) is 3.66. The Morgan fingerprint density at radius 1 is 1.07 bits per heavy atom. The van der Waals surface area contributed by atoms with Crippen molar-refractivity contribution in [2.45, 2.75) is 26.5 Å². The second-order valence-electron chi connectivity index (χ2n) is 5.97. The van der Waals surface area contributed by atoms with Gasteiger partial charge in [-0.25, -0.2) is 4.79 Å². The van der Waals surface area contributed by atoms with Gasteiger partial charge >= 0.3 is 6.09 Å². The zero-order valence-corrected chi connectivity index (χ0v) is 17.2. The molecule has 1 aromatic heterocycles. The van der Waals surface area contributed by atoms with Gasteiger partial charge in [-0.2, -0.15) is 0 Å². The number of halogens is 1. The van der Waals surface area contributed by atoms with Gasteiger partial charge in [0.1, 0.15) is 12.6 Å². The first-order valence-electron chi connectivity index (χ1n) is 8.19. The van der Waals surface area contributed by atoms with Crippen LogP contribution in [-0.4, -0.2) is 23.9 Å². The Labute approximate surface area is 169 Å². The van der Waals surface area contributed by atoms with E-state index in [0.717, 1.165) is 9.35 Å². The first kappa shape index (κ1) is 20.9. The number of amides is 3. The quantitative estimate of drug-likeness (QED) is 0.584. The molecule has 0 bridgehead atoms. The minimum absolute atomic E-state index is 0.100. The van der Waals surface area contributed by atoms with Gasteiger partial charge in [0, 0.05) is 0 Å². The number of benzene rings is 1. The highest BCUT2D eigenvalue weighted by molar-refractivity contribution is 9.11. The fourth-order valence-corrected chi connectivity index (χ4v) is 3.40. The molecule has 0 radical (unpaired) electrons. The number of hydrogen-bond acceptors (Lipinski definition) is 5. The third-order valence-corrected chi connectivity index (χ3v) is 5.15. The molecule has 2 rings (SSSR count). The molecule has 0 saturated heterocycles. The molecule has 0 aliphatic carbocycles. The highest BCUT2D eigenvalue weighted by Gasteiger charge is 2.25. The first-order chi connectivity index (χ1) is 12.9. The fraction of sp³-hybridized carbons (Fsp3) is 0.278. The highest BCUT2D eigenvalue weighted by atomic mass is 79.9. The normalized spacial score (nSPS) is 11.6. The summed E-state index contributed by atoms with van der Waals surface area (Å²) in [6.07, 6.45) is -0.707. The summed E-state index contributed by atoms with van der Waals surface area (Å²) >= 11 is 4.51. The Balaban J connectivity index is 1.84. The number of alkyl carbamates (subject to hydrolysis) is 1. The fourth-order valence-electron chi connectivity index (χ4n) is 2.12. The van der Waals surface area contributed by atoms with Crippen LogP contribution in [0.3, 0.4) is 0 Å². The predicted octanol–water partition coefficient (Wildman–Crippen LogP) is 3.22. The molecule has 9 heteroatoms. The maximum absolute atomic E-state index is 12.3. The van der Waals surface area contributed by atoms with Gasteiger partial charge in [0.2, 0.25) is 0 Å². The van der Waals surface area contributed by atoms with Crippen molar-refractivity contribution in [2.75, 3.05) is 0 Å². The van der Waals surface area contributed by atoms with Crippen LogP contribution in [0.1, 0.15) is 29.1 Å². The van der Waals surface area contributed by atoms with Crippen LogP contribution in [0.15, 0.2) is 46.3 Å². The van der Waals surface area contributed by atoms with Crippen molar-refractivity contribution in [3.05, 3.63) is 56.7 Å². The van der Waals surface area contributed by atoms with Crippen LogP contribution in [0, 0.1) is 5.92 Å². The van der Waals surface area contributed by atoms with Crippen molar-refractivity contribution < 1.29 is 19.1 Å². The van der Waals surface area contributed by atoms with Crippen molar-refractivity contribution in [2.24, 2.45) is 5.92 Å². The molecule has 1 aromatic carbocycles. The molecule has 3 amide bonds. The van der Waals surface area contributed by atoms with Crippen molar-refractivity contribution in [1.29, 1.82) is 0 Å². The van der Waals surface area contributed by atoms with Crippen LogP contribution in [-0.2, 0) is 16.1 Å². The van der Waals surface area contributed by atoms with E-state index in [-0.39, 0.29) is 12.5 Å². The molecule has 0 aliphatic heterocycles. The number of hydrogen-bond donors (Lipinski definition) is 3. The average Bonchev–Trinajstić information content (AvgIpc) is 3.09. The van der Waals surface area contributed by atoms with Gasteiger partial charge in [0.25, 0.3) is 11.8 Å². The molecule has 144 valence electrons. The lowest BCUT2D eigenvalue weighted by Gasteiger charge is -2.21. The number of nitrogens with one attached hydrogen (secondary N) is 3. The van der Waals surface area contributed by atoms with Gasteiger partial charge in [-0.1, -0.05) is 44.2 Å². The lowest BCUT2D eigenvalue weighted by atomic mass is 10.0. The second-order valence-corrected chi connectivity index (χ2v) is 8.44. The summed E-state index contributed by atoms with van der Waals surface area (Å²) < 4.78 is 5.94. The van der Waals surface area contributed by atoms with Crippen LogP contribution in [0.4, 0.5) is 4.79 Å². The number of rotatable bonds is 6. The van der Waals surface area contributed by atoms with Crippen molar-refractivity contribution in [1.82, 2.24) is 16.2 Å². The molecule has 1 atom stereocenters. The van der Waals surface area contributed by atoms with Crippen LogP contribution in [0.25, 0.3) is 0 Å². The number of hydrazine groups is 1. The van der Waals surface area contributed by atoms with Gasteiger partial charge in [-0.15, -0.1) is 11.3 Å². The van der Waals surface area contributed by atoms with E-state index in [1.807, 2.05) is 30.3 Å². The number of thiophene rings is 1. The van der Waals surface area contributed by atoms with E-state index in [1.165, 1.54) is 11.3 Å². The minimum atomic E-state index is -0.858. The van der Waals surface area contributed by atoms with Crippen molar-refractivity contribution >= 4 is 45.2 Å². The summed E-state index contributed by atoms with van der Waals surface area (Å²) in [7, 11) is 0. The Kier molecular flexibility index (Phi) is 7.81. The summed E-state index contributed by atoms with van der Waals surface area (Å²) in [6, 6.07) is 11.7. The van der Waals surface area contributed by atoms with Gasteiger partial charge in [-0.3, -0.25) is 20.4 Å². The molecule has 0 saturated carbocycles. The van der Waals surface area contributed by atoms with E-state index in [1.54, 1.807) is 26.0 Å². The Morgan fingerprint density at radius 3 is 2.37 bits per heavy atom. The third kappa shape index (κ3) is 6.69. The smallest absolute Gasteiger partial charge is 0.408 e.